The van der Waals surface area contributed by atoms with E-state index in [9.17, 15) is 5.11 Å². The van der Waals surface area contributed by atoms with Gasteiger partial charge < -0.3 is 10.2 Å². The van der Waals surface area contributed by atoms with E-state index in [-0.39, 0.29) is 6.61 Å². The van der Waals surface area contributed by atoms with Gasteiger partial charge in [0.15, 0.2) is 0 Å². The summed E-state index contributed by atoms with van der Waals surface area (Å²) in [6.45, 7) is 4.73. The third kappa shape index (κ3) is 4.32. The van der Waals surface area contributed by atoms with Gasteiger partial charge in [-0.3, -0.25) is 4.90 Å². The van der Waals surface area contributed by atoms with E-state index < -0.39 is 0 Å². The van der Waals surface area contributed by atoms with Gasteiger partial charge in [0.1, 0.15) is 5.75 Å². The Hall–Kier alpha value is -1.06. The first-order valence-corrected chi connectivity index (χ1v) is 5.37. The van der Waals surface area contributed by atoms with Crippen LogP contribution in [0.2, 0.25) is 0 Å². The van der Waals surface area contributed by atoms with Gasteiger partial charge in [-0.2, -0.15) is 0 Å². The fourth-order valence-corrected chi connectivity index (χ4v) is 1.64. The first-order chi connectivity index (χ1) is 7.26. The molecule has 0 radical (unpaired) electrons. The van der Waals surface area contributed by atoms with Crippen LogP contribution in [0.25, 0.3) is 0 Å². The summed E-state index contributed by atoms with van der Waals surface area (Å²) in [6, 6.07) is 7.26. The van der Waals surface area contributed by atoms with E-state index >= 15 is 0 Å². The predicted molar refractivity (Wildman–Crippen MR) is 60.8 cm³/mol. The molecule has 0 fully saturated rings. The predicted octanol–water partition coefficient (Wildman–Crippen LogP) is 1.60. The molecular formula is C12H19NO2. The average Bonchev–Trinajstić information content (AvgIpc) is 2.18. The maximum absolute atomic E-state index is 9.32. The van der Waals surface area contributed by atoms with Crippen LogP contribution >= 0.6 is 0 Å². The molecule has 3 nitrogen and oxygen atoms in total. The molecule has 15 heavy (non-hydrogen) atoms. The minimum Gasteiger partial charge on any atom is -0.508 e. The largest absolute Gasteiger partial charge is 0.508 e. The van der Waals surface area contributed by atoms with Crippen LogP contribution in [0.4, 0.5) is 0 Å². The van der Waals surface area contributed by atoms with Crippen LogP contribution < -0.4 is 0 Å². The molecule has 1 aromatic carbocycles. The lowest BCUT2D eigenvalue weighted by atomic mass is 10.2. The quantitative estimate of drug-likeness (QED) is 0.748. The van der Waals surface area contributed by atoms with Gasteiger partial charge in [-0.05, 0) is 30.7 Å². The summed E-state index contributed by atoms with van der Waals surface area (Å²) in [7, 11) is 0. The van der Waals surface area contributed by atoms with Gasteiger partial charge in [0.2, 0.25) is 0 Å². The van der Waals surface area contributed by atoms with Crippen LogP contribution in [0.3, 0.4) is 0 Å². The smallest absolute Gasteiger partial charge is 0.115 e. The normalized spacial score (nSPS) is 10.9. The van der Waals surface area contributed by atoms with E-state index in [4.69, 9.17) is 5.11 Å². The molecule has 0 bridgehead atoms. The van der Waals surface area contributed by atoms with Crippen LogP contribution in [0.1, 0.15) is 18.9 Å². The molecule has 3 heteroatoms. The van der Waals surface area contributed by atoms with Crippen molar-refractivity contribution in [2.75, 3.05) is 19.7 Å². The number of phenols is 1. The van der Waals surface area contributed by atoms with Crippen LogP contribution in [0.15, 0.2) is 24.3 Å². The zero-order valence-corrected chi connectivity index (χ0v) is 9.19. The summed E-state index contributed by atoms with van der Waals surface area (Å²) in [5, 5.41) is 18.2. The molecule has 0 amide bonds. The van der Waals surface area contributed by atoms with Gasteiger partial charge in [0.25, 0.3) is 0 Å². The van der Waals surface area contributed by atoms with Crippen molar-refractivity contribution < 1.29 is 10.2 Å². The van der Waals surface area contributed by atoms with Crippen molar-refractivity contribution >= 4 is 0 Å². The zero-order valence-electron chi connectivity index (χ0n) is 9.19. The SMILES string of the molecule is CCCN(CCO)Cc1cccc(O)c1. The van der Waals surface area contributed by atoms with E-state index in [0.717, 1.165) is 25.1 Å². The fourth-order valence-electron chi connectivity index (χ4n) is 1.64. The molecule has 0 saturated heterocycles. The lowest BCUT2D eigenvalue weighted by molar-refractivity contribution is 0.190. The van der Waals surface area contributed by atoms with Gasteiger partial charge in [-0.25, -0.2) is 0 Å². The molecule has 2 N–H and O–H groups in total. The molecular weight excluding hydrogens is 190 g/mol. The second-order valence-electron chi connectivity index (χ2n) is 3.67. The van der Waals surface area contributed by atoms with Crippen molar-refractivity contribution in [1.82, 2.24) is 4.90 Å². The van der Waals surface area contributed by atoms with Crippen molar-refractivity contribution in [2.24, 2.45) is 0 Å². The lowest BCUT2D eigenvalue weighted by Gasteiger charge is -2.20. The summed E-state index contributed by atoms with van der Waals surface area (Å²) in [4.78, 5) is 2.18. The summed E-state index contributed by atoms with van der Waals surface area (Å²) >= 11 is 0. The van der Waals surface area contributed by atoms with Gasteiger partial charge in [-0.1, -0.05) is 19.1 Å². The molecule has 0 aliphatic rings. The molecule has 84 valence electrons. The number of aromatic hydroxyl groups is 1. The van der Waals surface area contributed by atoms with Gasteiger partial charge in [-0.15, -0.1) is 0 Å². The van der Waals surface area contributed by atoms with E-state index in [1.54, 1.807) is 12.1 Å². The van der Waals surface area contributed by atoms with Crippen molar-refractivity contribution in [3.63, 3.8) is 0 Å². The van der Waals surface area contributed by atoms with Crippen molar-refractivity contribution in [3.8, 4) is 5.75 Å². The minimum absolute atomic E-state index is 0.179. The fraction of sp³-hybridized carbons (Fsp3) is 0.500. The lowest BCUT2D eigenvalue weighted by Crippen LogP contribution is -2.27. The summed E-state index contributed by atoms with van der Waals surface area (Å²) in [5.41, 5.74) is 1.08. The molecule has 0 unspecified atom stereocenters. The maximum Gasteiger partial charge on any atom is 0.115 e. The molecule has 0 aliphatic carbocycles. The van der Waals surface area contributed by atoms with Gasteiger partial charge in [0, 0.05) is 13.1 Å². The van der Waals surface area contributed by atoms with Crippen molar-refractivity contribution in [1.29, 1.82) is 0 Å². The van der Waals surface area contributed by atoms with Gasteiger partial charge >= 0.3 is 0 Å². The average molecular weight is 209 g/mol. The van der Waals surface area contributed by atoms with E-state index in [1.165, 1.54) is 0 Å². The molecule has 0 heterocycles. The third-order valence-electron chi connectivity index (χ3n) is 2.27. The Kier molecular flexibility index (Phi) is 5.15. The second-order valence-corrected chi connectivity index (χ2v) is 3.67. The standard InChI is InChI=1S/C12H19NO2/c1-2-6-13(7-8-14)10-11-4-3-5-12(15)9-11/h3-5,9,14-15H,2,6-8,10H2,1H3. The Balaban J connectivity index is 2.56. The monoisotopic (exact) mass is 209 g/mol. The number of aliphatic hydroxyl groups is 1. The number of nitrogens with zero attached hydrogens (tertiary/aromatic N) is 1. The second kappa shape index (κ2) is 6.43. The van der Waals surface area contributed by atoms with Crippen LogP contribution in [-0.2, 0) is 6.54 Å². The number of benzene rings is 1. The Morgan fingerprint density at radius 3 is 2.67 bits per heavy atom. The van der Waals surface area contributed by atoms with Crippen molar-refractivity contribution in [2.45, 2.75) is 19.9 Å². The molecule has 1 rings (SSSR count). The number of hydrogen-bond acceptors (Lipinski definition) is 3. The Bertz CT molecular complexity index is 283. The van der Waals surface area contributed by atoms with Crippen molar-refractivity contribution in [3.05, 3.63) is 29.8 Å². The van der Waals surface area contributed by atoms with Gasteiger partial charge in [0.05, 0.1) is 6.61 Å². The van der Waals surface area contributed by atoms with E-state index in [2.05, 4.69) is 11.8 Å². The van der Waals surface area contributed by atoms with E-state index in [0.29, 0.717) is 12.3 Å². The first-order valence-electron chi connectivity index (χ1n) is 5.37. The Morgan fingerprint density at radius 1 is 1.27 bits per heavy atom. The molecule has 0 spiro atoms. The maximum atomic E-state index is 9.32. The molecule has 0 aromatic heterocycles. The highest BCUT2D eigenvalue weighted by atomic mass is 16.3. The summed E-state index contributed by atoms with van der Waals surface area (Å²) in [5.74, 6) is 0.299. The zero-order chi connectivity index (χ0) is 11.1. The Labute approximate surface area is 91.0 Å². The molecule has 0 atom stereocenters. The molecule has 0 aliphatic heterocycles. The number of aliphatic hydroxyl groups excluding tert-OH is 1. The summed E-state index contributed by atoms with van der Waals surface area (Å²) in [6.07, 6.45) is 1.07. The molecule has 1 aromatic rings. The van der Waals surface area contributed by atoms with E-state index in [1.807, 2.05) is 12.1 Å². The summed E-state index contributed by atoms with van der Waals surface area (Å²) < 4.78 is 0. The van der Waals surface area contributed by atoms with Crippen LogP contribution in [0.5, 0.6) is 5.75 Å². The highest BCUT2D eigenvalue weighted by Crippen LogP contribution is 2.12. The Morgan fingerprint density at radius 2 is 2.07 bits per heavy atom. The number of hydrogen-bond donors (Lipinski definition) is 2. The molecule has 0 saturated carbocycles. The number of phenolic OH excluding ortho intramolecular Hbond substituents is 1. The highest BCUT2D eigenvalue weighted by Gasteiger charge is 2.04. The minimum atomic E-state index is 0.179. The van der Waals surface area contributed by atoms with Crippen LogP contribution in [0, 0.1) is 0 Å². The number of rotatable bonds is 6. The first kappa shape index (κ1) is 12.0. The van der Waals surface area contributed by atoms with Crippen LogP contribution in [-0.4, -0.2) is 34.8 Å². The topological polar surface area (TPSA) is 43.7 Å². The third-order valence-corrected chi connectivity index (χ3v) is 2.27. The highest BCUT2D eigenvalue weighted by molar-refractivity contribution is 5.26.